The number of nitrogens with zero attached hydrogens (tertiary/aromatic N) is 4. The summed E-state index contributed by atoms with van der Waals surface area (Å²) in [5, 5.41) is 4.49. The summed E-state index contributed by atoms with van der Waals surface area (Å²) < 4.78 is 1.91. The third kappa shape index (κ3) is 3.44. The lowest BCUT2D eigenvalue weighted by Crippen LogP contribution is -2.43. The number of fused-ring (bicyclic) bond motifs is 1. The highest BCUT2D eigenvalue weighted by molar-refractivity contribution is 5.93. The normalized spacial score (nSPS) is 18.9. The van der Waals surface area contributed by atoms with Crippen molar-refractivity contribution in [3.8, 4) is 0 Å². The van der Waals surface area contributed by atoms with E-state index in [0.29, 0.717) is 12.4 Å². The number of carbonyl (C=O) groups is 1. The summed E-state index contributed by atoms with van der Waals surface area (Å²) in [7, 11) is 0. The summed E-state index contributed by atoms with van der Waals surface area (Å²) >= 11 is 0. The molecular weight excluding hydrogens is 348 g/mol. The van der Waals surface area contributed by atoms with Gasteiger partial charge in [-0.2, -0.15) is 10.1 Å². The largest absolute Gasteiger partial charge is 0.274 e. The third-order valence-electron chi connectivity index (χ3n) is 5.32. The van der Waals surface area contributed by atoms with Crippen LogP contribution in [0.4, 0.5) is 5.95 Å². The van der Waals surface area contributed by atoms with E-state index in [4.69, 9.17) is 0 Å². The van der Waals surface area contributed by atoms with Gasteiger partial charge in [-0.1, -0.05) is 74.0 Å². The molecule has 0 fully saturated rings. The molecule has 1 aliphatic heterocycles. The first-order chi connectivity index (χ1) is 13.5. The molecule has 4 rings (SSSR count). The van der Waals surface area contributed by atoms with Crippen molar-refractivity contribution >= 4 is 11.9 Å². The summed E-state index contributed by atoms with van der Waals surface area (Å²) in [5.74, 6) is 1.02. The van der Waals surface area contributed by atoms with Crippen molar-refractivity contribution in [1.29, 1.82) is 0 Å². The summed E-state index contributed by atoms with van der Waals surface area (Å²) in [4.78, 5) is 19.5. The molecule has 2 aromatic carbocycles. The smallest absolute Gasteiger partial charge is 0.231 e. The number of hydrogen-bond donors (Lipinski definition) is 0. The van der Waals surface area contributed by atoms with Crippen LogP contribution in [-0.4, -0.2) is 20.7 Å². The lowest BCUT2D eigenvalue weighted by atomic mass is 9.91. The van der Waals surface area contributed by atoms with E-state index >= 15 is 0 Å². The molecule has 0 radical (unpaired) electrons. The van der Waals surface area contributed by atoms with Gasteiger partial charge in [0.25, 0.3) is 0 Å². The standard InChI is InChI=1S/C23H26N4O/c1-16(2)13-22(28)26-20(18-7-5-4-6-8-18)14-21(27-23(26)24-15-25-27)19-11-9-17(3)10-12-19/h4-12,15-16,20-21H,13-14H2,1-3H3/t20-,21+/m0/s1. The Morgan fingerprint density at radius 1 is 1.04 bits per heavy atom. The van der Waals surface area contributed by atoms with Crippen molar-refractivity contribution < 1.29 is 4.79 Å². The van der Waals surface area contributed by atoms with Gasteiger partial charge in [0.05, 0.1) is 12.1 Å². The SMILES string of the molecule is Cc1ccc([C@H]2C[C@@H](c3ccccc3)N(C(=O)CC(C)C)c3ncnn32)cc1. The zero-order chi connectivity index (χ0) is 19.7. The van der Waals surface area contributed by atoms with Crippen LogP contribution >= 0.6 is 0 Å². The molecule has 1 aromatic heterocycles. The van der Waals surface area contributed by atoms with Crippen molar-refractivity contribution in [2.24, 2.45) is 5.92 Å². The van der Waals surface area contributed by atoms with E-state index in [1.807, 2.05) is 27.8 Å². The Balaban J connectivity index is 1.81. The fourth-order valence-corrected chi connectivity index (χ4v) is 3.95. The molecule has 0 unspecified atom stereocenters. The van der Waals surface area contributed by atoms with Crippen LogP contribution < -0.4 is 4.90 Å². The second kappa shape index (κ2) is 7.58. The number of anilines is 1. The molecule has 2 heterocycles. The van der Waals surface area contributed by atoms with Crippen LogP contribution in [0.25, 0.3) is 0 Å². The minimum atomic E-state index is -0.0598. The van der Waals surface area contributed by atoms with E-state index in [1.54, 1.807) is 6.33 Å². The molecule has 0 N–H and O–H groups in total. The van der Waals surface area contributed by atoms with E-state index in [1.165, 1.54) is 11.1 Å². The predicted molar refractivity (Wildman–Crippen MR) is 110 cm³/mol. The quantitative estimate of drug-likeness (QED) is 0.665. The molecule has 144 valence electrons. The molecule has 3 aromatic rings. The number of benzene rings is 2. The number of carbonyl (C=O) groups excluding carboxylic acids is 1. The molecule has 0 saturated carbocycles. The molecule has 5 heteroatoms. The first-order valence-corrected chi connectivity index (χ1v) is 9.87. The second-order valence-electron chi connectivity index (χ2n) is 7.95. The summed E-state index contributed by atoms with van der Waals surface area (Å²) in [5.41, 5.74) is 3.55. The van der Waals surface area contributed by atoms with Crippen LogP contribution in [-0.2, 0) is 4.79 Å². The Kier molecular flexibility index (Phi) is 4.99. The van der Waals surface area contributed by atoms with Crippen LogP contribution in [0.1, 0.15) is 55.5 Å². The Morgan fingerprint density at radius 2 is 1.71 bits per heavy atom. The van der Waals surface area contributed by atoms with Gasteiger partial charge in [-0.05, 0) is 30.4 Å². The summed E-state index contributed by atoms with van der Waals surface area (Å²) in [6.07, 6.45) is 2.82. The van der Waals surface area contributed by atoms with Gasteiger partial charge < -0.3 is 0 Å². The third-order valence-corrected chi connectivity index (χ3v) is 5.32. The van der Waals surface area contributed by atoms with Crippen LogP contribution in [0.5, 0.6) is 0 Å². The van der Waals surface area contributed by atoms with Gasteiger partial charge in [-0.3, -0.25) is 9.69 Å². The number of rotatable bonds is 4. The van der Waals surface area contributed by atoms with Crippen molar-refractivity contribution in [3.05, 3.63) is 77.6 Å². The lowest BCUT2D eigenvalue weighted by molar-refractivity contribution is -0.120. The van der Waals surface area contributed by atoms with Crippen LogP contribution in [0, 0.1) is 12.8 Å². The molecule has 5 nitrogen and oxygen atoms in total. The van der Waals surface area contributed by atoms with Gasteiger partial charge in [0, 0.05) is 6.42 Å². The topological polar surface area (TPSA) is 51.0 Å². The average Bonchev–Trinajstić information content (AvgIpc) is 3.17. The first-order valence-electron chi connectivity index (χ1n) is 9.87. The Hall–Kier alpha value is -2.95. The van der Waals surface area contributed by atoms with E-state index in [-0.39, 0.29) is 23.9 Å². The van der Waals surface area contributed by atoms with Gasteiger partial charge >= 0.3 is 0 Å². The minimum absolute atomic E-state index is 0.0476. The summed E-state index contributed by atoms with van der Waals surface area (Å²) in [6, 6.07) is 18.8. The number of amides is 1. The maximum atomic E-state index is 13.2. The number of aryl methyl sites for hydroxylation is 1. The Morgan fingerprint density at radius 3 is 2.39 bits per heavy atom. The zero-order valence-electron chi connectivity index (χ0n) is 16.6. The zero-order valence-corrected chi connectivity index (χ0v) is 16.6. The van der Waals surface area contributed by atoms with Gasteiger partial charge in [0.1, 0.15) is 6.33 Å². The van der Waals surface area contributed by atoms with E-state index in [9.17, 15) is 4.79 Å². The van der Waals surface area contributed by atoms with Gasteiger partial charge in [-0.15, -0.1) is 0 Å². The molecule has 0 aliphatic carbocycles. The van der Waals surface area contributed by atoms with E-state index in [2.05, 4.69) is 67.3 Å². The van der Waals surface area contributed by atoms with E-state index < -0.39 is 0 Å². The Bertz CT molecular complexity index is 946. The highest BCUT2D eigenvalue weighted by Gasteiger charge is 2.39. The molecule has 28 heavy (non-hydrogen) atoms. The van der Waals surface area contributed by atoms with Crippen molar-refractivity contribution in [2.45, 2.75) is 45.7 Å². The highest BCUT2D eigenvalue weighted by atomic mass is 16.2. The fourth-order valence-electron chi connectivity index (χ4n) is 3.95. The van der Waals surface area contributed by atoms with Crippen molar-refractivity contribution in [3.63, 3.8) is 0 Å². The monoisotopic (exact) mass is 374 g/mol. The highest BCUT2D eigenvalue weighted by Crippen LogP contribution is 2.42. The number of aromatic nitrogens is 3. The maximum absolute atomic E-state index is 13.2. The predicted octanol–water partition coefficient (Wildman–Crippen LogP) is 4.70. The fraction of sp³-hybridized carbons (Fsp3) is 0.348. The second-order valence-corrected chi connectivity index (χ2v) is 7.95. The molecule has 0 spiro atoms. The maximum Gasteiger partial charge on any atom is 0.231 e. The lowest BCUT2D eigenvalue weighted by Gasteiger charge is -2.39. The van der Waals surface area contributed by atoms with Crippen molar-refractivity contribution in [1.82, 2.24) is 14.8 Å². The number of hydrogen-bond acceptors (Lipinski definition) is 3. The van der Waals surface area contributed by atoms with Crippen LogP contribution in [0.15, 0.2) is 60.9 Å². The van der Waals surface area contributed by atoms with Crippen molar-refractivity contribution in [2.75, 3.05) is 4.90 Å². The van der Waals surface area contributed by atoms with Gasteiger partial charge in [0.15, 0.2) is 0 Å². The average molecular weight is 374 g/mol. The molecule has 1 aliphatic rings. The van der Waals surface area contributed by atoms with Crippen LogP contribution in [0.3, 0.4) is 0 Å². The minimum Gasteiger partial charge on any atom is -0.274 e. The molecule has 0 saturated heterocycles. The first kappa shape index (κ1) is 18.4. The Labute approximate surface area is 166 Å². The molecule has 2 atom stereocenters. The van der Waals surface area contributed by atoms with E-state index in [0.717, 1.165) is 12.0 Å². The molecule has 0 bridgehead atoms. The summed E-state index contributed by atoms with van der Waals surface area (Å²) in [6.45, 7) is 6.23. The van der Waals surface area contributed by atoms with Gasteiger partial charge in [-0.25, -0.2) is 4.68 Å². The molecular formula is C23H26N4O. The van der Waals surface area contributed by atoms with Gasteiger partial charge in [0.2, 0.25) is 11.9 Å². The molecule has 1 amide bonds. The van der Waals surface area contributed by atoms with Crippen LogP contribution in [0.2, 0.25) is 0 Å².